The molecule has 11 aliphatic rings. The molecular weight excluding hydrogens is 977 g/mol. The fourth-order valence-electron chi connectivity index (χ4n) is 16.5. The lowest BCUT2D eigenvalue weighted by molar-refractivity contribution is -0.392. The Kier molecular flexibility index (Phi) is 15.0. The van der Waals surface area contributed by atoms with Crippen molar-refractivity contribution in [3.63, 3.8) is 0 Å². The Hall–Kier alpha value is -1.59. The van der Waals surface area contributed by atoms with Crippen molar-refractivity contribution in [3.05, 3.63) is 11.6 Å². The van der Waals surface area contributed by atoms with Gasteiger partial charge in [-0.25, -0.2) is 0 Å². The minimum absolute atomic E-state index is 0.0391. The molecule has 22 nitrogen and oxygen atoms in total. The van der Waals surface area contributed by atoms with Gasteiger partial charge in [-0.05, 0) is 104 Å². The summed E-state index contributed by atoms with van der Waals surface area (Å²) in [5.74, 6) is 0.234. The third-order valence-corrected chi connectivity index (χ3v) is 21.3. The summed E-state index contributed by atoms with van der Waals surface area (Å²) < 4.78 is 54.6. The molecular formula is C52H82O22. The van der Waals surface area contributed by atoms with Gasteiger partial charge in [-0.3, -0.25) is 4.79 Å². The van der Waals surface area contributed by atoms with E-state index in [2.05, 4.69) is 40.7 Å². The van der Waals surface area contributed by atoms with E-state index in [1.54, 1.807) is 0 Å². The maximum Gasteiger partial charge on any atom is 0.311 e. The first-order chi connectivity index (χ1) is 34.8. The molecule has 422 valence electrons. The Labute approximate surface area is 430 Å². The van der Waals surface area contributed by atoms with Crippen LogP contribution in [0.1, 0.15) is 99.3 Å². The molecule has 0 aromatic carbocycles. The van der Waals surface area contributed by atoms with Gasteiger partial charge in [0, 0.05) is 5.41 Å². The average molecular weight is 1060 g/mol. The van der Waals surface area contributed by atoms with Crippen LogP contribution >= 0.6 is 0 Å². The number of carbonyl (C=O) groups is 1. The van der Waals surface area contributed by atoms with Crippen LogP contribution < -0.4 is 0 Å². The molecule has 11 rings (SSSR count). The van der Waals surface area contributed by atoms with Crippen LogP contribution in [0.5, 0.6) is 0 Å². The van der Waals surface area contributed by atoms with Crippen LogP contribution in [0.3, 0.4) is 0 Å². The first-order valence-corrected chi connectivity index (χ1v) is 26.9. The number of carbonyl (C=O) groups excluding carboxylic acids is 1. The monoisotopic (exact) mass is 1060 g/mol. The van der Waals surface area contributed by atoms with Crippen molar-refractivity contribution < 1.29 is 109 Å². The smallest absolute Gasteiger partial charge is 0.311 e. The van der Waals surface area contributed by atoms with Gasteiger partial charge in [-0.15, -0.1) is 0 Å². The van der Waals surface area contributed by atoms with Gasteiger partial charge in [0.05, 0.1) is 50.7 Å². The third-order valence-electron chi connectivity index (χ3n) is 21.3. The van der Waals surface area contributed by atoms with E-state index in [9.17, 15) is 66.1 Å². The minimum atomic E-state index is -1.89. The molecule has 74 heavy (non-hydrogen) atoms. The summed E-state index contributed by atoms with van der Waals surface area (Å²) in [4.78, 5) is 13.3. The number of rotatable bonds is 10. The van der Waals surface area contributed by atoms with Crippen molar-refractivity contribution in [2.45, 2.75) is 222 Å². The van der Waals surface area contributed by atoms with Crippen LogP contribution in [0.4, 0.5) is 0 Å². The fraction of sp³-hybridized carbons (Fsp3) is 0.942. The van der Waals surface area contributed by atoms with E-state index in [1.165, 1.54) is 5.57 Å². The highest BCUT2D eigenvalue weighted by Gasteiger charge is 2.72. The maximum absolute atomic E-state index is 13.3. The topological polar surface area (TPSA) is 343 Å². The molecule has 0 aromatic heterocycles. The number of aliphatic hydroxyl groups excluding tert-OH is 12. The number of aliphatic hydroxyl groups is 12. The fourth-order valence-corrected chi connectivity index (χ4v) is 16.5. The molecule has 4 saturated carbocycles. The van der Waals surface area contributed by atoms with E-state index >= 15 is 0 Å². The number of fused-ring (bicyclic) bond motifs is 8. The Balaban J connectivity index is 0.903. The number of allylic oxidation sites excluding steroid dienone is 2. The van der Waals surface area contributed by atoms with Crippen molar-refractivity contribution in [2.24, 2.45) is 50.2 Å². The molecule has 1 spiro atoms. The molecule has 0 radical (unpaired) electrons. The average Bonchev–Trinajstić information content (AvgIpc) is 3.56. The van der Waals surface area contributed by atoms with Crippen molar-refractivity contribution in [1.82, 2.24) is 0 Å². The third kappa shape index (κ3) is 8.53. The molecule has 2 bridgehead atoms. The van der Waals surface area contributed by atoms with Crippen LogP contribution in [0.15, 0.2) is 11.6 Å². The highest BCUT2D eigenvalue weighted by atomic mass is 16.8. The normalized spacial score (nSPS) is 56.2. The molecule has 0 amide bonds. The predicted molar refractivity (Wildman–Crippen MR) is 250 cm³/mol. The Morgan fingerprint density at radius 3 is 1.95 bits per heavy atom. The van der Waals surface area contributed by atoms with E-state index < -0.39 is 165 Å². The van der Waals surface area contributed by atoms with Crippen molar-refractivity contribution in [2.75, 3.05) is 33.0 Å². The summed E-state index contributed by atoms with van der Waals surface area (Å²) in [7, 11) is 0. The summed E-state index contributed by atoms with van der Waals surface area (Å²) in [5.41, 5.74) is -0.939. The zero-order chi connectivity index (χ0) is 53.4. The lowest BCUT2D eigenvalue weighted by Gasteiger charge is -2.71. The van der Waals surface area contributed by atoms with Crippen molar-refractivity contribution in [1.29, 1.82) is 0 Å². The molecule has 6 heterocycles. The Morgan fingerprint density at radius 2 is 1.24 bits per heavy atom. The second-order valence-electron chi connectivity index (χ2n) is 25.3. The van der Waals surface area contributed by atoms with Crippen LogP contribution in [-0.2, 0) is 47.4 Å². The van der Waals surface area contributed by atoms with Crippen molar-refractivity contribution in [3.8, 4) is 0 Å². The maximum atomic E-state index is 13.3. The van der Waals surface area contributed by atoms with Crippen LogP contribution in [-0.4, -0.2) is 223 Å². The summed E-state index contributed by atoms with van der Waals surface area (Å²) in [6.07, 6.45) is -22.0. The molecule has 0 unspecified atom stereocenters. The number of ether oxygens (including phenoxy) is 9. The van der Waals surface area contributed by atoms with Gasteiger partial charge >= 0.3 is 5.97 Å². The van der Waals surface area contributed by atoms with Gasteiger partial charge < -0.3 is 104 Å². The zero-order valence-electron chi connectivity index (χ0n) is 43.2. The predicted octanol–water partition coefficient (Wildman–Crippen LogP) is -1.77. The molecule has 28 atom stereocenters. The van der Waals surface area contributed by atoms with Gasteiger partial charge in [0.25, 0.3) is 0 Å². The minimum Gasteiger partial charge on any atom is -0.465 e. The van der Waals surface area contributed by atoms with E-state index in [4.69, 9.17) is 42.6 Å². The summed E-state index contributed by atoms with van der Waals surface area (Å²) in [6, 6.07) is 0. The molecule has 6 aliphatic heterocycles. The largest absolute Gasteiger partial charge is 0.465 e. The van der Waals surface area contributed by atoms with Gasteiger partial charge in [-0.1, -0.05) is 46.3 Å². The number of esters is 1. The molecule has 6 saturated heterocycles. The van der Waals surface area contributed by atoms with E-state index in [0.717, 1.165) is 32.1 Å². The summed E-state index contributed by atoms with van der Waals surface area (Å²) in [5, 5.41) is 130. The van der Waals surface area contributed by atoms with Crippen LogP contribution in [0.25, 0.3) is 0 Å². The van der Waals surface area contributed by atoms with E-state index in [-0.39, 0.29) is 46.6 Å². The SMILES string of the molecule is CC1(C)[C@@H](O[C@@H]2OC[C@H](O[C@@H]3O[C@H](CO)[C@@H](O)[C@H](O)[C@H]3O[C@@H]3OC[C@@H](O)[C@H](O)[C@H]3O)[C@H](O)[C@H]2O[C@@H]2O[C@H](CO)[C@@H](O)[C@H](O)[C@H]2O)CC[C@]2(C)[C@H]3CC=C4[C@@H]5C[C@]6(C)CC[C@]5(COC6=O)[C@H](O)C[C@@]4(C)[C@]3(C)CC[C@@H]12. The van der Waals surface area contributed by atoms with Gasteiger partial charge in [-0.2, -0.15) is 0 Å². The van der Waals surface area contributed by atoms with Gasteiger partial charge in [0.1, 0.15) is 85.5 Å². The summed E-state index contributed by atoms with van der Waals surface area (Å²) >= 11 is 0. The van der Waals surface area contributed by atoms with Gasteiger partial charge in [0.15, 0.2) is 25.2 Å². The number of hydrogen-bond donors (Lipinski definition) is 12. The van der Waals surface area contributed by atoms with E-state index in [1.807, 2.05) is 6.92 Å². The Morgan fingerprint density at radius 1 is 0.608 bits per heavy atom. The van der Waals surface area contributed by atoms with Crippen LogP contribution in [0.2, 0.25) is 0 Å². The molecule has 5 aliphatic carbocycles. The first-order valence-electron chi connectivity index (χ1n) is 26.9. The zero-order valence-corrected chi connectivity index (χ0v) is 43.2. The Bertz CT molecular complexity index is 2080. The highest BCUT2D eigenvalue weighted by Crippen LogP contribution is 2.76. The molecule has 22 heteroatoms. The first kappa shape index (κ1) is 55.7. The molecule has 10 fully saturated rings. The standard InChI is InChI=1S/C52H82O22/c1-47(2)28-9-12-50(5)29(8-7-22-23-15-48(3)13-14-52(23,21-68-46(48)65)30(56)16-51(22,50)6)49(28,4)11-10-31(47)72-44-40(74-43-39(64)36(61)33(58)25(17-53)69-43)35(60)27(20-67-44)71-45-41(37(62)34(59)26(18-54)70-45)73-42-38(63)32(57)24(55)19-66-42/h7,23-45,53-64H,8-21H2,1-6H3/t23-,24+,25+,26+,27-,28-,29+,30+,31-,32-,33+,34+,35-,36-,37-,38+,39+,40+,41+,42-,43-,44-,45-,48-,49-,50+,51+,52+/m0/s1. The lowest BCUT2D eigenvalue weighted by atomic mass is 9.33. The number of hydrogen-bond acceptors (Lipinski definition) is 22. The lowest BCUT2D eigenvalue weighted by Crippen LogP contribution is -2.67. The summed E-state index contributed by atoms with van der Waals surface area (Å²) in [6.45, 7) is 11.3. The van der Waals surface area contributed by atoms with Crippen LogP contribution in [0, 0.1) is 50.2 Å². The quantitative estimate of drug-likeness (QED) is 0.0655. The van der Waals surface area contributed by atoms with Gasteiger partial charge in [0.2, 0.25) is 0 Å². The molecule has 12 N–H and O–H groups in total. The second kappa shape index (κ2) is 19.9. The van der Waals surface area contributed by atoms with E-state index in [0.29, 0.717) is 25.7 Å². The molecule has 0 aromatic rings. The second-order valence-corrected chi connectivity index (χ2v) is 25.3. The highest BCUT2D eigenvalue weighted by molar-refractivity contribution is 5.77. The van der Waals surface area contributed by atoms with Crippen molar-refractivity contribution >= 4 is 5.97 Å².